The Labute approximate surface area is 123 Å². The third-order valence-corrected chi connectivity index (χ3v) is 5.43. The quantitative estimate of drug-likeness (QED) is 0.707. The van der Waals surface area contributed by atoms with Crippen molar-refractivity contribution in [1.82, 2.24) is 14.9 Å². The molecule has 20 heavy (non-hydrogen) atoms. The van der Waals surface area contributed by atoms with Gasteiger partial charge in [-0.3, -0.25) is 0 Å². The first kappa shape index (κ1) is 16.2. The molecule has 1 saturated carbocycles. The van der Waals surface area contributed by atoms with Crippen molar-refractivity contribution in [3.63, 3.8) is 0 Å². The number of nitrogens with zero attached hydrogens (tertiary/aromatic N) is 1. The second kappa shape index (κ2) is 6.73. The van der Waals surface area contributed by atoms with E-state index in [0.717, 1.165) is 18.4 Å². The number of hydrogen-bond donors (Lipinski definition) is 2. The van der Waals surface area contributed by atoms with Gasteiger partial charge in [-0.1, -0.05) is 6.42 Å². The molecule has 0 aromatic heterocycles. The van der Waals surface area contributed by atoms with E-state index in [-0.39, 0.29) is 0 Å². The van der Waals surface area contributed by atoms with Crippen molar-refractivity contribution in [2.45, 2.75) is 45.2 Å². The second-order valence-electron chi connectivity index (χ2n) is 6.65. The predicted molar refractivity (Wildman–Crippen MR) is 82.2 cm³/mol. The normalized spacial score (nSPS) is 31.7. The van der Waals surface area contributed by atoms with Crippen LogP contribution in [0.15, 0.2) is 0 Å². The molecule has 2 rings (SSSR count). The number of sulfonamides is 1. The van der Waals surface area contributed by atoms with Gasteiger partial charge in [0.15, 0.2) is 0 Å². The van der Waals surface area contributed by atoms with Gasteiger partial charge in [0, 0.05) is 38.3 Å². The van der Waals surface area contributed by atoms with E-state index in [1.54, 1.807) is 0 Å². The van der Waals surface area contributed by atoms with E-state index in [1.807, 2.05) is 0 Å². The van der Waals surface area contributed by atoms with E-state index in [4.69, 9.17) is 0 Å². The fourth-order valence-corrected chi connectivity index (χ4v) is 4.18. The molecule has 2 unspecified atom stereocenters. The lowest BCUT2D eigenvalue weighted by Gasteiger charge is -2.49. The molecule has 2 atom stereocenters. The SMILES string of the molecule is CC(C)N1CC2CCCC(C1)C2NCCNS(C)(=O)=O. The van der Waals surface area contributed by atoms with Crippen molar-refractivity contribution < 1.29 is 8.42 Å². The van der Waals surface area contributed by atoms with Crippen molar-refractivity contribution in [3.05, 3.63) is 0 Å². The van der Waals surface area contributed by atoms with E-state index >= 15 is 0 Å². The average molecular weight is 303 g/mol. The average Bonchev–Trinajstić information content (AvgIpc) is 2.32. The Kier molecular flexibility index (Phi) is 5.45. The second-order valence-corrected chi connectivity index (χ2v) is 8.48. The predicted octanol–water partition coefficient (Wildman–Crippen LogP) is 0.634. The summed E-state index contributed by atoms with van der Waals surface area (Å²) in [6.07, 6.45) is 5.16. The Morgan fingerprint density at radius 3 is 2.25 bits per heavy atom. The van der Waals surface area contributed by atoms with E-state index in [1.165, 1.54) is 38.6 Å². The van der Waals surface area contributed by atoms with E-state index in [0.29, 0.717) is 18.6 Å². The smallest absolute Gasteiger partial charge is 0.208 e. The van der Waals surface area contributed by atoms with Crippen LogP contribution in [-0.2, 0) is 10.0 Å². The van der Waals surface area contributed by atoms with Gasteiger partial charge in [-0.05, 0) is 38.5 Å². The summed E-state index contributed by atoms with van der Waals surface area (Å²) < 4.78 is 24.7. The first-order chi connectivity index (χ1) is 9.37. The van der Waals surface area contributed by atoms with Gasteiger partial charge in [-0.15, -0.1) is 0 Å². The fraction of sp³-hybridized carbons (Fsp3) is 1.00. The maximum Gasteiger partial charge on any atom is 0.208 e. The van der Waals surface area contributed by atoms with Crippen molar-refractivity contribution in [3.8, 4) is 0 Å². The molecule has 1 saturated heterocycles. The van der Waals surface area contributed by atoms with Crippen LogP contribution < -0.4 is 10.0 Å². The summed E-state index contributed by atoms with van der Waals surface area (Å²) in [7, 11) is -3.06. The minimum absolute atomic E-state index is 0.489. The van der Waals surface area contributed by atoms with Gasteiger partial charge in [-0.2, -0.15) is 0 Å². The Hall–Kier alpha value is -0.170. The Morgan fingerprint density at radius 2 is 1.75 bits per heavy atom. The van der Waals surface area contributed by atoms with Gasteiger partial charge >= 0.3 is 0 Å². The molecule has 2 fully saturated rings. The molecule has 1 aliphatic carbocycles. The summed E-state index contributed by atoms with van der Waals surface area (Å²) in [5, 5.41) is 3.60. The summed E-state index contributed by atoms with van der Waals surface area (Å²) in [5.74, 6) is 1.45. The number of hydrogen-bond acceptors (Lipinski definition) is 4. The van der Waals surface area contributed by atoms with Crippen molar-refractivity contribution in [2.75, 3.05) is 32.4 Å². The maximum atomic E-state index is 11.1. The van der Waals surface area contributed by atoms with Gasteiger partial charge in [-0.25, -0.2) is 13.1 Å². The molecule has 1 aliphatic heterocycles. The third kappa shape index (κ3) is 4.41. The fourth-order valence-electron chi connectivity index (χ4n) is 3.70. The van der Waals surface area contributed by atoms with E-state index in [9.17, 15) is 8.42 Å². The van der Waals surface area contributed by atoms with E-state index in [2.05, 4.69) is 28.8 Å². The zero-order valence-electron chi connectivity index (χ0n) is 12.9. The molecule has 0 aromatic rings. The zero-order chi connectivity index (χ0) is 14.8. The number of piperidine rings is 1. The van der Waals surface area contributed by atoms with Crippen molar-refractivity contribution in [2.24, 2.45) is 11.8 Å². The van der Waals surface area contributed by atoms with Crippen LogP contribution in [0.2, 0.25) is 0 Å². The first-order valence-electron chi connectivity index (χ1n) is 7.79. The summed E-state index contributed by atoms with van der Waals surface area (Å²) in [4.78, 5) is 2.60. The highest BCUT2D eigenvalue weighted by atomic mass is 32.2. The number of nitrogens with one attached hydrogen (secondary N) is 2. The lowest BCUT2D eigenvalue weighted by molar-refractivity contribution is 0.0301. The lowest BCUT2D eigenvalue weighted by atomic mass is 9.73. The third-order valence-electron chi connectivity index (χ3n) is 4.70. The molecule has 0 aromatic carbocycles. The topological polar surface area (TPSA) is 61.4 Å². The summed E-state index contributed by atoms with van der Waals surface area (Å²) in [6.45, 7) is 8.14. The molecule has 6 heteroatoms. The van der Waals surface area contributed by atoms with Crippen molar-refractivity contribution >= 4 is 10.0 Å². The Bertz CT molecular complexity index is 397. The molecule has 1 heterocycles. The first-order valence-corrected chi connectivity index (χ1v) is 9.68. The monoisotopic (exact) mass is 303 g/mol. The molecule has 2 aliphatic rings. The van der Waals surface area contributed by atoms with Crippen LogP contribution in [0.4, 0.5) is 0 Å². The molecule has 2 N–H and O–H groups in total. The molecule has 2 bridgehead atoms. The highest BCUT2D eigenvalue weighted by Crippen LogP contribution is 2.35. The van der Waals surface area contributed by atoms with E-state index < -0.39 is 10.0 Å². The standard InChI is InChI=1S/C14H29N3O2S/c1-11(2)17-9-12-5-4-6-13(10-17)14(12)15-7-8-16-20(3,18)19/h11-16H,4-10H2,1-3H3. The Morgan fingerprint density at radius 1 is 1.15 bits per heavy atom. The van der Waals surface area contributed by atoms with Gasteiger partial charge in [0.1, 0.15) is 0 Å². The van der Waals surface area contributed by atoms with Gasteiger partial charge < -0.3 is 10.2 Å². The minimum Gasteiger partial charge on any atom is -0.312 e. The summed E-state index contributed by atoms with van der Waals surface area (Å²) in [5.41, 5.74) is 0. The van der Waals surface area contributed by atoms with Crippen LogP contribution in [0.1, 0.15) is 33.1 Å². The Balaban J connectivity index is 1.83. The van der Waals surface area contributed by atoms with Crippen LogP contribution in [0.25, 0.3) is 0 Å². The molecule has 118 valence electrons. The highest BCUT2D eigenvalue weighted by Gasteiger charge is 2.39. The molecule has 0 spiro atoms. The molecular formula is C14H29N3O2S. The zero-order valence-corrected chi connectivity index (χ0v) is 13.7. The van der Waals surface area contributed by atoms with Crippen LogP contribution >= 0.6 is 0 Å². The summed E-state index contributed by atoms with van der Waals surface area (Å²) in [6, 6.07) is 1.20. The number of likely N-dealkylation sites (tertiary alicyclic amines) is 1. The van der Waals surface area contributed by atoms with Gasteiger partial charge in [0.2, 0.25) is 10.0 Å². The van der Waals surface area contributed by atoms with Gasteiger partial charge in [0.25, 0.3) is 0 Å². The van der Waals surface area contributed by atoms with Crippen molar-refractivity contribution in [1.29, 1.82) is 0 Å². The number of rotatable bonds is 6. The van der Waals surface area contributed by atoms with Crippen LogP contribution in [0.3, 0.4) is 0 Å². The molecular weight excluding hydrogens is 274 g/mol. The number of fused-ring (bicyclic) bond motifs is 2. The lowest BCUT2D eigenvalue weighted by Crippen LogP contribution is -2.58. The van der Waals surface area contributed by atoms with Crippen LogP contribution in [0.5, 0.6) is 0 Å². The molecule has 0 amide bonds. The van der Waals surface area contributed by atoms with Gasteiger partial charge in [0.05, 0.1) is 6.26 Å². The molecule has 0 radical (unpaired) electrons. The van der Waals surface area contributed by atoms with Crippen LogP contribution in [0, 0.1) is 11.8 Å². The van der Waals surface area contributed by atoms with Crippen LogP contribution in [-0.4, -0.2) is 57.8 Å². The summed E-state index contributed by atoms with van der Waals surface area (Å²) >= 11 is 0. The highest BCUT2D eigenvalue weighted by molar-refractivity contribution is 7.88. The molecule has 5 nitrogen and oxygen atoms in total. The largest absolute Gasteiger partial charge is 0.312 e. The minimum atomic E-state index is -3.06. The maximum absolute atomic E-state index is 11.1.